The van der Waals surface area contributed by atoms with Gasteiger partial charge in [-0.15, -0.1) is 4.40 Å². The quantitative estimate of drug-likeness (QED) is 0.369. The van der Waals surface area contributed by atoms with E-state index >= 15 is 0 Å². The number of halogens is 1. The van der Waals surface area contributed by atoms with E-state index in [1.807, 2.05) is 0 Å². The Kier molecular flexibility index (Phi) is 5.10. The van der Waals surface area contributed by atoms with E-state index in [0.29, 0.717) is 11.3 Å². The van der Waals surface area contributed by atoms with E-state index in [2.05, 4.69) is 31.0 Å². The predicted molar refractivity (Wildman–Crippen MR) is 103 cm³/mol. The van der Waals surface area contributed by atoms with Gasteiger partial charge in [0, 0.05) is 21.8 Å². The van der Waals surface area contributed by atoms with Crippen LogP contribution in [0.25, 0.3) is 0 Å². The summed E-state index contributed by atoms with van der Waals surface area (Å²) < 4.78 is 28.9. The van der Waals surface area contributed by atoms with E-state index in [9.17, 15) is 18.0 Å². The molecule has 2 aromatic carbocycles. The molecule has 27 heavy (non-hydrogen) atoms. The minimum atomic E-state index is -4.05. The first-order valence-electron chi connectivity index (χ1n) is 7.55. The summed E-state index contributed by atoms with van der Waals surface area (Å²) in [6, 6.07) is 12.0. The molecule has 1 amide bonds. The van der Waals surface area contributed by atoms with Crippen LogP contribution in [0, 0.1) is 0 Å². The highest BCUT2D eigenvalue weighted by molar-refractivity contribution is 9.10. The van der Waals surface area contributed by atoms with Crippen molar-refractivity contribution in [2.75, 3.05) is 5.73 Å². The van der Waals surface area contributed by atoms with Gasteiger partial charge in [-0.2, -0.15) is 8.42 Å². The summed E-state index contributed by atoms with van der Waals surface area (Å²) in [6.45, 7) is 0. The monoisotopic (exact) mass is 448 g/mol. The Morgan fingerprint density at radius 1 is 1.04 bits per heavy atom. The van der Waals surface area contributed by atoms with Crippen LogP contribution in [0.3, 0.4) is 0 Å². The molecule has 1 heterocycles. The van der Waals surface area contributed by atoms with E-state index in [0.717, 1.165) is 10.5 Å². The molecule has 0 spiro atoms. The van der Waals surface area contributed by atoms with Gasteiger partial charge < -0.3 is 11.1 Å². The van der Waals surface area contributed by atoms with E-state index in [4.69, 9.17) is 5.73 Å². The van der Waals surface area contributed by atoms with Gasteiger partial charge in [0.2, 0.25) is 5.96 Å². The maximum atomic E-state index is 12.3. The predicted octanol–water partition coefficient (Wildman–Crippen LogP) is 1.56. The van der Waals surface area contributed by atoms with Gasteiger partial charge in [0.05, 0.1) is 4.90 Å². The SMILES string of the molecule is Nc1ccc(S(=O)(=O)N=C2NC(=O)C(=CC(=O)c3ccc(Br)cc3)N2)cc1. The lowest BCUT2D eigenvalue weighted by Gasteiger charge is -2.01. The number of amides is 1. The number of anilines is 1. The highest BCUT2D eigenvalue weighted by Crippen LogP contribution is 2.15. The first-order chi connectivity index (χ1) is 12.7. The van der Waals surface area contributed by atoms with Crippen molar-refractivity contribution in [1.29, 1.82) is 0 Å². The molecule has 1 aliphatic heterocycles. The number of sulfonamides is 1. The number of carbonyl (C=O) groups excluding carboxylic acids is 2. The summed E-state index contributed by atoms with van der Waals surface area (Å²) in [5.74, 6) is -1.36. The van der Waals surface area contributed by atoms with Gasteiger partial charge in [-0.3, -0.25) is 14.9 Å². The summed E-state index contributed by atoms with van der Waals surface area (Å²) in [5, 5.41) is 4.78. The molecule has 8 nitrogen and oxygen atoms in total. The largest absolute Gasteiger partial charge is 0.399 e. The van der Waals surface area contributed by atoms with Gasteiger partial charge in [0.1, 0.15) is 5.70 Å². The summed E-state index contributed by atoms with van der Waals surface area (Å²) in [4.78, 5) is 24.1. The molecule has 4 N–H and O–H groups in total. The molecule has 1 fully saturated rings. The number of benzene rings is 2. The fraction of sp³-hybridized carbons (Fsp3) is 0. The van der Waals surface area contributed by atoms with Crippen molar-refractivity contribution < 1.29 is 18.0 Å². The number of nitrogen functional groups attached to an aromatic ring is 1. The lowest BCUT2D eigenvalue weighted by atomic mass is 10.1. The normalized spacial score (nSPS) is 17.0. The highest BCUT2D eigenvalue weighted by atomic mass is 79.9. The Morgan fingerprint density at radius 3 is 2.30 bits per heavy atom. The standard InChI is InChI=1S/C17H13BrN4O4S/c18-11-3-1-10(2-4-11)15(23)9-14-16(24)21-17(20-14)22-27(25,26)13-7-5-12(19)6-8-13/h1-9H,19H2,(H2,20,21,22,24). The van der Waals surface area contributed by atoms with Gasteiger partial charge in [-0.25, -0.2) is 0 Å². The maximum Gasteiger partial charge on any atom is 0.285 e. The summed E-state index contributed by atoms with van der Waals surface area (Å²) >= 11 is 3.27. The fourth-order valence-corrected chi connectivity index (χ4v) is 3.36. The average molecular weight is 449 g/mol. The average Bonchev–Trinajstić information content (AvgIpc) is 2.94. The van der Waals surface area contributed by atoms with Crippen LogP contribution in [0.5, 0.6) is 0 Å². The lowest BCUT2D eigenvalue weighted by molar-refractivity contribution is -0.115. The van der Waals surface area contributed by atoms with Crippen molar-refractivity contribution in [2.24, 2.45) is 4.40 Å². The zero-order chi connectivity index (χ0) is 19.6. The molecule has 3 rings (SSSR count). The van der Waals surface area contributed by atoms with E-state index in [1.165, 1.54) is 24.3 Å². The number of rotatable bonds is 4. The van der Waals surface area contributed by atoms with Crippen molar-refractivity contribution in [3.8, 4) is 0 Å². The van der Waals surface area contributed by atoms with Crippen LogP contribution in [0.1, 0.15) is 10.4 Å². The third kappa shape index (κ3) is 4.41. The molecule has 0 unspecified atom stereocenters. The molecule has 1 aliphatic rings. The molecule has 0 atom stereocenters. The Hall–Kier alpha value is -2.98. The van der Waals surface area contributed by atoms with Crippen molar-refractivity contribution in [2.45, 2.75) is 4.90 Å². The smallest absolute Gasteiger partial charge is 0.285 e. The van der Waals surface area contributed by atoms with Crippen LogP contribution < -0.4 is 16.4 Å². The zero-order valence-electron chi connectivity index (χ0n) is 13.6. The van der Waals surface area contributed by atoms with Gasteiger partial charge in [-0.1, -0.05) is 15.9 Å². The summed E-state index contributed by atoms with van der Waals surface area (Å²) in [6.07, 6.45) is 1.08. The van der Waals surface area contributed by atoms with Crippen molar-refractivity contribution >= 4 is 49.3 Å². The van der Waals surface area contributed by atoms with Crippen molar-refractivity contribution in [3.63, 3.8) is 0 Å². The lowest BCUT2D eigenvalue weighted by Crippen LogP contribution is -2.26. The Bertz CT molecular complexity index is 1070. The Balaban J connectivity index is 1.82. The number of guanidine groups is 1. The number of nitrogens with one attached hydrogen (secondary N) is 2. The minimum Gasteiger partial charge on any atom is -0.399 e. The molecule has 10 heteroatoms. The van der Waals surface area contributed by atoms with E-state index in [1.54, 1.807) is 24.3 Å². The second-order valence-corrected chi connectivity index (χ2v) is 8.01. The van der Waals surface area contributed by atoms with Crippen LogP contribution in [0.4, 0.5) is 5.69 Å². The molecule has 0 aromatic heterocycles. The van der Waals surface area contributed by atoms with Gasteiger partial charge in [-0.05, 0) is 48.5 Å². The topological polar surface area (TPSA) is 131 Å². The second kappa shape index (κ2) is 7.33. The van der Waals surface area contributed by atoms with Crippen LogP contribution in [0.15, 0.2) is 74.1 Å². The fourth-order valence-electron chi connectivity index (χ4n) is 2.18. The van der Waals surface area contributed by atoms with Crippen LogP contribution in [-0.4, -0.2) is 26.1 Å². The molecular weight excluding hydrogens is 436 g/mol. The number of carbonyl (C=O) groups is 2. The van der Waals surface area contributed by atoms with Crippen LogP contribution >= 0.6 is 15.9 Å². The first-order valence-corrected chi connectivity index (χ1v) is 9.78. The molecule has 0 aliphatic carbocycles. The van der Waals surface area contributed by atoms with Crippen molar-refractivity contribution in [1.82, 2.24) is 10.6 Å². The summed E-state index contributed by atoms with van der Waals surface area (Å²) in [5.41, 5.74) is 6.21. The number of hydrogen-bond donors (Lipinski definition) is 3. The number of allylic oxidation sites excluding steroid dienone is 1. The molecule has 2 aromatic rings. The Labute approximate surface area is 163 Å². The van der Waals surface area contributed by atoms with Crippen LogP contribution in [0.2, 0.25) is 0 Å². The highest BCUT2D eigenvalue weighted by Gasteiger charge is 2.25. The molecule has 138 valence electrons. The number of nitrogens with zero attached hydrogens (tertiary/aromatic N) is 1. The van der Waals surface area contributed by atoms with Gasteiger partial charge in [0.15, 0.2) is 5.78 Å². The molecule has 0 bridgehead atoms. The van der Waals surface area contributed by atoms with Gasteiger partial charge >= 0.3 is 0 Å². The molecular formula is C17H13BrN4O4S. The third-order valence-electron chi connectivity index (χ3n) is 3.52. The summed E-state index contributed by atoms with van der Waals surface area (Å²) in [7, 11) is -4.05. The Morgan fingerprint density at radius 2 is 1.67 bits per heavy atom. The maximum absolute atomic E-state index is 12.3. The van der Waals surface area contributed by atoms with E-state index < -0.39 is 21.7 Å². The number of hydrogen-bond acceptors (Lipinski definition) is 5. The van der Waals surface area contributed by atoms with Gasteiger partial charge in [0.25, 0.3) is 15.9 Å². The third-order valence-corrected chi connectivity index (χ3v) is 5.34. The molecule has 0 radical (unpaired) electrons. The second-order valence-electron chi connectivity index (χ2n) is 5.49. The van der Waals surface area contributed by atoms with Crippen molar-refractivity contribution in [3.05, 3.63) is 70.3 Å². The molecule has 1 saturated heterocycles. The number of nitrogens with two attached hydrogens (primary N) is 1. The molecule has 0 saturated carbocycles. The van der Waals surface area contributed by atoms with Crippen LogP contribution in [-0.2, 0) is 14.8 Å². The zero-order valence-corrected chi connectivity index (χ0v) is 16.0. The van der Waals surface area contributed by atoms with E-state index in [-0.39, 0.29) is 16.6 Å². The number of ketones is 1. The first kappa shape index (κ1) is 18.8. The minimum absolute atomic E-state index is 0.0800.